The van der Waals surface area contributed by atoms with Crippen molar-refractivity contribution in [2.24, 2.45) is 5.73 Å². The molecule has 16 heavy (non-hydrogen) atoms. The second-order valence-corrected chi connectivity index (χ2v) is 4.13. The van der Waals surface area contributed by atoms with Crippen LogP contribution in [0.5, 0.6) is 0 Å². The standard InChI is InChI=1S/C12H15NO3/c1-12(13,9-5-3-2-4-6-9)11(14)16-10-7-15-8-10/h2-6,10H,7-8,13H2,1H3. The zero-order valence-electron chi connectivity index (χ0n) is 9.18. The summed E-state index contributed by atoms with van der Waals surface area (Å²) in [5.74, 6) is -0.410. The number of hydrogen-bond acceptors (Lipinski definition) is 4. The van der Waals surface area contributed by atoms with E-state index in [4.69, 9.17) is 15.2 Å². The highest BCUT2D eigenvalue weighted by atomic mass is 16.6. The molecule has 0 bridgehead atoms. The highest BCUT2D eigenvalue weighted by molar-refractivity contribution is 5.82. The lowest BCUT2D eigenvalue weighted by molar-refractivity contribution is -0.178. The minimum Gasteiger partial charge on any atom is -0.456 e. The summed E-state index contributed by atoms with van der Waals surface area (Å²) in [4.78, 5) is 11.9. The lowest BCUT2D eigenvalue weighted by atomic mass is 9.93. The predicted molar refractivity (Wildman–Crippen MR) is 58.7 cm³/mol. The van der Waals surface area contributed by atoms with Gasteiger partial charge in [-0.2, -0.15) is 0 Å². The highest BCUT2D eigenvalue weighted by Crippen LogP contribution is 2.20. The van der Waals surface area contributed by atoms with Gasteiger partial charge < -0.3 is 15.2 Å². The number of rotatable bonds is 3. The van der Waals surface area contributed by atoms with E-state index in [9.17, 15) is 4.79 Å². The molecular formula is C12H15NO3. The zero-order valence-corrected chi connectivity index (χ0v) is 9.18. The summed E-state index contributed by atoms with van der Waals surface area (Å²) in [6.07, 6.45) is -0.140. The molecule has 4 nitrogen and oxygen atoms in total. The first-order valence-electron chi connectivity index (χ1n) is 5.24. The van der Waals surface area contributed by atoms with Crippen LogP contribution in [0.1, 0.15) is 12.5 Å². The van der Waals surface area contributed by atoms with Gasteiger partial charge in [-0.05, 0) is 12.5 Å². The summed E-state index contributed by atoms with van der Waals surface area (Å²) in [5.41, 5.74) is 5.64. The van der Waals surface area contributed by atoms with Gasteiger partial charge in [0.1, 0.15) is 11.6 Å². The minimum absolute atomic E-state index is 0.140. The molecule has 1 saturated heterocycles. The van der Waals surface area contributed by atoms with Crippen LogP contribution < -0.4 is 5.73 Å². The van der Waals surface area contributed by atoms with Crippen molar-refractivity contribution in [1.29, 1.82) is 0 Å². The van der Waals surface area contributed by atoms with Crippen LogP contribution in [-0.4, -0.2) is 25.3 Å². The van der Waals surface area contributed by atoms with Crippen molar-refractivity contribution in [1.82, 2.24) is 0 Å². The van der Waals surface area contributed by atoms with Crippen LogP contribution in [0.3, 0.4) is 0 Å². The molecule has 1 heterocycles. The van der Waals surface area contributed by atoms with Crippen LogP contribution in [-0.2, 0) is 19.8 Å². The van der Waals surface area contributed by atoms with E-state index in [1.807, 2.05) is 30.3 Å². The van der Waals surface area contributed by atoms with Crippen LogP contribution in [0.4, 0.5) is 0 Å². The molecule has 0 radical (unpaired) electrons. The molecule has 0 spiro atoms. The van der Waals surface area contributed by atoms with Gasteiger partial charge in [0.15, 0.2) is 0 Å². The third-order valence-corrected chi connectivity index (χ3v) is 2.68. The number of carbonyl (C=O) groups excluding carboxylic acids is 1. The fourth-order valence-electron chi connectivity index (χ4n) is 1.46. The topological polar surface area (TPSA) is 61.6 Å². The van der Waals surface area contributed by atoms with Gasteiger partial charge in [-0.3, -0.25) is 0 Å². The Balaban J connectivity index is 2.08. The predicted octanol–water partition coefficient (Wildman–Crippen LogP) is 0.802. The highest BCUT2D eigenvalue weighted by Gasteiger charge is 2.35. The summed E-state index contributed by atoms with van der Waals surface area (Å²) in [5, 5.41) is 0. The van der Waals surface area contributed by atoms with E-state index in [0.717, 1.165) is 5.56 Å². The number of hydrogen-bond donors (Lipinski definition) is 1. The van der Waals surface area contributed by atoms with Crippen LogP contribution in [0.15, 0.2) is 30.3 Å². The van der Waals surface area contributed by atoms with Gasteiger partial charge in [0.05, 0.1) is 13.2 Å². The van der Waals surface area contributed by atoms with Gasteiger partial charge in [0.2, 0.25) is 0 Å². The maximum absolute atomic E-state index is 11.9. The maximum Gasteiger partial charge on any atom is 0.330 e. The Bertz CT molecular complexity index is 371. The Kier molecular flexibility index (Phi) is 2.94. The average molecular weight is 221 g/mol. The summed E-state index contributed by atoms with van der Waals surface area (Å²) in [6, 6.07) is 9.21. The Morgan fingerprint density at radius 1 is 1.44 bits per heavy atom. The number of esters is 1. The quantitative estimate of drug-likeness (QED) is 0.767. The van der Waals surface area contributed by atoms with E-state index in [1.54, 1.807) is 6.92 Å². The largest absolute Gasteiger partial charge is 0.456 e. The number of nitrogens with two attached hydrogens (primary N) is 1. The van der Waals surface area contributed by atoms with Crippen LogP contribution in [0, 0.1) is 0 Å². The van der Waals surface area contributed by atoms with Crippen molar-refractivity contribution in [3.8, 4) is 0 Å². The Labute approximate surface area is 94.3 Å². The Hall–Kier alpha value is -1.39. The molecule has 1 unspecified atom stereocenters. The summed E-state index contributed by atoms with van der Waals surface area (Å²) >= 11 is 0. The van der Waals surface area contributed by atoms with Crippen molar-refractivity contribution >= 4 is 5.97 Å². The monoisotopic (exact) mass is 221 g/mol. The van der Waals surface area contributed by atoms with E-state index >= 15 is 0 Å². The molecule has 1 aliphatic rings. The molecule has 0 amide bonds. The van der Waals surface area contributed by atoms with E-state index in [-0.39, 0.29) is 6.10 Å². The molecule has 1 atom stereocenters. The molecule has 1 aromatic rings. The maximum atomic E-state index is 11.9. The molecule has 1 fully saturated rings. The molecular weight excluding hydrogens is 206 g/mol. The molecule has 2 N–H and O–H groups in total. The van der Waals surface area contributed by atoms with Crippen molar-refractivity contribution in [2.45, 2.75) is 18.6 Å². The van der Waals surface area contributed by atoms with Gasteiger partial charge in [0, 0.05) is 0 Å². The van der Waals surface area contributed by atoms with Crippen molar-refractivity contribution in [3.63, 3.8) is 0 Å². The van der Waals surface area contributed by atoms with E-state index in [1.165, 1.54) is 0 Å². The lowest BCUT2D eigenvalue weighted by Crippen LogP contribution is -2.48. The van der Waals surface area contributed by atoms with Crippen LogP contribution in [0.2, 0.25) is 0 Å². The van der Waals surface area contributed by atoms with E-state index in [0.29, 0.717) is 13.2 Å². The van der Waals surface area contributed by atoms with Gasteiger partial charge >= 0.3 is 5.97 Å². The molecule has 86 valence electrons. The van der Waals surface area contributed by atoms with Gasteiger partial charge in [-0.1, -0.05) is 30.3 Å². The minimum atomic E-state index is -1.10. The van der Waals surface area contributed by atoms with Crippen LogP contribution in [0.25, 0.3) is 0 Å². The molecule has 2 rings (SSSR count). The third kappa shape index (κ3) is 2.08. The van der Waals surface area contributed by atoms with Gasteiger partial charge in [-0.25, -0.2) is 4.79 Å². The molecule has 4 heteroatoms. The fourth-order valence-corrected chi connectivity index (χ4v) is 1.46. The first kappa shape index (κ1) is 11.1. The Morgan fingerprint density at radius 2 is 2.06 bits per heavy atom. The summed E-state index contributed by atoms with van der Waals surface area (Å²) in [7, 11) is 0. The normalized spacial score (nSPS) is 19.6. The Morgan fingerprint density at radius 3 is 2.56 bits per heavy atom. The SMILES string of the molecule is CC(N)(C(=O)OC1COC1)c1ccccc1. The average Bonchev–Trinajstić information content (AvgIpc) is 2.24. The first-order valence-corrected chi connectivity index (χ1v) is 5.24. The molecule has 1 aliphatic heterocycles. The third-order valence-electron chi connectivity index (χ3n) is 2.68. The zero-order chi connectivity index (χ0) is 11.6. The molecule has 1 aromatic carbocycles. The van der Waals surface area contributed by atoms with Crippen molar-refractivity contribution in [2.75, 3.05) is 13.2 Å². The van der Waals surface area contributed by atoms with Gasteiger partial charge in [-0.15, -0.1) is 0 Å². The van der Waals surface area contributed by atoms with E-state index in [2.05, 4.69) is 0 Å². The number of benzene rings is 1. The first-order chi connectivity index (χ1) is 7.60. The molecule has 0 aromatic heterocycles. The van der Waals surface area contributed by atoms with Crippen molar-refractivity contribution < 1.29 is 14.3 Å². The summed E-state index contributed by atoms with van der Waals surface area (Å²) in [6.45, 7) is 2.59. The second-order valence-electron chi connectivity index (χ2n) is 4.13. The van der Waals surface area contributed by atoms with E-state index < -0.39 is 11.5 Å². The second kappa shape index (κ2) is 4.23. The summed E-state index contributed by atoms with van der Waals surface area (Å²) < 4.78 is 10.2. The smallest absolute Gasteiger partial charge is 0.330 e. The van der Waals surface area contributed by atoms with Gasteiger partial charge in [0.25, 0.3) is 0 Å². The molecule has 0 aliphatic carbocycles. The van der Waals surface area contributed by atoms with Crippen molar-refractivity contribution in [3.05, 3.63) is 35.9 Å². The number of ether oxygens (including phenoxy) is 2. The lowest BCUT2D eigenvalue weighted by Gasteiger charge is -2.30. The molecule has 0 saturated carbocycles. The number of carbonyl (C=O) groups is 1. The van der Waals surface area contributed by atoms with Crippen LogP contribution >= 0.6 is 0 Å². The fraction of sp³-hybridized carbons (Fsp3) is 0.417.